The molecule has 2 aliphatic rings. The molecule has 7 heteroatoms. The van der Waals surface area contributed by atoms with Gasteiger partial charge in [-0.2, -0.15) is 5.10 Å². The summed E-state index contributed by atoms with van der Waals surface area (Å²) < 4.78 is 30.9. The van der Waals surface area contributed by atoms with E-state index in [4.69, 9.17) is 11.6 Å². The summed E-state index contributed by atoms with van der Waals surface area (Å²) in [6.45, 7) is 6.00. The van der Waals surface area contributed by atoms with Crippen molar-refractivity contribution in [3.05, 3.63) is 58.5 Å². The number of nitrogens with zero attached hydrogens (tertiary/aromatic N) is 2. The van der Waals surface area contributed by atoms with Crippen LogP contribution in [0.5, 0.6) is 0 Å². The molecule has 1 saturated carbocycles. The third-order valence-corrected chi connectivity index (χ3v) is 8.48. The second-order valence-electron chi connectivity index (χ2n) is 9.88. The fourth-order valence-electron chi connectivity index (χ4n) is 4.68. The van der Waals surface area contributed by atoms with E-state index in [-0.39, 0.29) is 16.6 Å². The Morgan fingerprint density at radius 3 is 2.47 bits per heavy atom. The van der Waals surface area contributed by atoms with Gasteiger partial charge in [-0.05, 0) is 106 Å². The summed E-state index contributed by atoms with van der Waals surface area (Å²) in [5.74, 6) is 0.602. The Balaban J connectivity index is 1.50. The average Bonchev–Trinajstić information content (AvgIpc) is 3.23. The Morgan fingerprint density at radius 2 is 1.81 bits per heavy atom. The van der Waals surface area contributed by atoms with E-state index < -0.39 is 11.0 Å². The van der Waals surface area contributed by atoms with Crippen LogP contribution in [0.3, 0.4) is 0 Å². The maximum Gasteiger partial charge on any atom is 0.123 e. The lowest BCUT2D eigenvalue weighted by Gasteiger charge is -2.27. The zero-order chi connectivity index (χ0) is 23.0. The number of aromatic nitrogens is 2. The molecule has 1 aromatic carbocycles. The summed E-state index contributed by atoms with van der Waals surface area (Å²) in [4.78, 5) is 0. The average molecular weight is 476 g/mol. The Morgan fingerprint density at radius 1 is 1.16 bits per heavy atom. The highest BCUT2D eigenvalue weighted by atomic mass is 35.5. The van der Waals surface area contributed by atoms with Crippen LogP contribution in [0.2, 0.25) is 0 Å². The van der Waals surface area contributed by atoms with Gasteiger partial charge in [-0.25, -0.2) is 13.3 Å². The zero-order valence-corrected chi connectivity index (χ0v) is 20.6. The number of hydrogen-bond acceptors (Lipinski definition) is 2. The molecular weight excluding hydrogens is 445 g/mol. The van der Waals surface area contributed by atoms with Gasteiger partial charge in [-0.15, -0.1) is 0 Å². The van der Waals surface area contributed by atoms with Crippen LogP contribution in [0.25, 0.3) is 17.3 Å². The van der Waals surface area contributed by atoms with Crippen molar-refractivity contribution in [2.45, 2.75) is 57.2 Å². The predicted molar refractivity (Wildman–Crippen MR) is 131 cm³/mol. The Bertz CT molecular complexity index is 1070. The molecule has 2 aliphatic carbocycles. The zero-order valence-electron chi connectivity index (χ0n) is 19.1. The van der Waals surface area contributed by atoms with Crippen molar-refractivity contribution >= 4 is 28.7 Å². The maximum atomic E-state index is 13.3. The molecule has 172 valence electrons. The molecule has 0 radical (unpaired) electrons. The van der Waals surface area contributed by atoms with Crippen molar-refractivity contribution in [1.29, 1.82) is 0 Å². The van der Waals surface area contributed by atoms with Crippen molar-refractivity contribution in [1.82, 2.24) is 14.5 Å². The van der Waals surface area contributed by atoms with E-state index in [1.165, 1.54) is 12.1 Å². The first-order valence-electron chi connectivity index (χ1n) is 11.2. The third-order valence-electron chi connectivity index (χ3n) is 6.49. The highest BCUT2D eigenvalue weighted by Crippen LogP contribution is 2.44. The first-order chi connectivity index (χ1) is 15.1. The van der Waals surface area contributed by atoms with Gasteiger partial charge in [0.15, 0.2) is 0 Å². The van der Waals surface area contributed by atoms with Crippen molar-refractivity contribution in [2.75, 3.05) is 0 Å². The standard InChI is InChI=1S/C25H31ClFN3OS/c1-25(2,3)32(31)29-24-18-5-6-19(24)14-22(26)17(13-18)9-12-21-15-23(30(4)28-21)16-7-10-20(27)11-8-16/h7-12,15,18-19,24,29H,5-6,13-14H2,1-4H3/b12-9+/t18-,19+,24?,32?/m0/s1. The number of aryl methyl sites for hydroxylation is 1. The van der Waals surface area contributed by atoms with E-state index in [0.717, 1.165) is 53.2 Å². The van der Waals surface area contributed by atoms with Crippen molar-refractivity contribution < 1.29 is 8.60 Å². The van der Waals surface area contributed by atoms with Crippen molar-refractivity contribution in [3.8, 4) is 11.3 Å². The van der Waals surface area contributed by atoms with Crippen LogP contribution in [0.15, 0.2) is 47.0 Å². The molecular formula is C25H31ClFN3OS. The molecule has 4 rings (SSSR count). The van der Waals surface area contributed by atoms with E-state index in [9.17, 15) is 8.60 Å². The van der Waals surface area contributed by atoms with Crippen LogP contribution in [-0.2, 0) is 18.0 Å². The van der Waals surface area contributed by atoms with E-state index >= 15 is 0 Å². The molecule has 1 fully saturated rings. The third kappa shape index (κ3) is 5.08. The lowest BCUT2D eigenvalue weighted by molar-refractivity contribution is 0.392. The first kappa shape index (κ1) is 23.4. The Hall–Kier alpha value is -1.76. The molecule has 2 aromatic rings. The van der Waals surface area contributed by atoms with Gasteiger partial charge in [-0.1, -0.05) is 17.7 Å². The molecule has 1 heterocycles. The number of fused-ring (bicyclic) bond motifs is 2. The Kier molecular flexibility index (Phi) is 6.76. The first-order valence-corrected chi connectivity index (χ1v) is 12.7. The smallest absolute Gasteiger partial charge is 0.123 e. The van der Waals surface area contributed by atoms with Gasteiger partial charge in [0.2, 0.25) is 0 Å². The Labute approximate surface area is 197 Å². The minimum Gasteiger partial charge on any atom is -0.267 e. The molecule has 2 unspecified atom stereocenters. The van der Waals surface area contributed by atoms with E-state index in [2.05, 4.69) is 15.9 Å². The summed E-state index contributed by atoms with van der Waals surface area (Å²) in [6.07, 6.45) is 8.03. The molecule has 4 atom stereocenters. The highest BCUT2D eigenvalue weighted by Gasteiger charge is 2.41. The number of allylic oxidation sites excluding steroid dienone is 3. The molecule has 0 aliphatic heterocycles. The lowest BCUT2D eigenvalue weighted by Crippen LogP contribution is -2.44. The van der Waals surface area contributed by atoms with Crippen molar-refractivity contribution in [3.63, 3.8) is 0 Å². The van der Waals surface area contributed by atoms with Crippen molar-refractivity contribution in [2.24, 2.45) is 18.9 Å². The fraction of sp³-hybridized carbons (Fsp3) is 0.480. The monoisotopic (exact) mass is 475 g/mol. The van der Waals surface area contributed by atoms with Gasteiger partial charge >= 0.3 is 0 Å². The molecule has 0 amide bonds. The van der Waals surface area contributed by atoms with Gasteiger partial charge in [-0.3, -0.25) is 4.68 Å². The molecule has 32 heavy (non-hydrogen) atoms. The van der Waals surface area contributed by atoms with Crippen LogP contribution in [0, 0.1) is 17.7 Å². The van der Waals surface area contributed by atoms with Gasteiger partial charge in [0.05, 0.1) is 27.1 Å². The highest BCUT2D eigenvalue weighted by molar-refractivity contribution is 7.84. The SMILES string of the molecule is Cn1nc(/C=C/C2=C(Cl)C[C@H]3CC[C@@H](C2)C3NS(=O)C(C)(C)C)cc1-c1ccc(F)cc1. The summed E-state index contributed by atoms with van der Waals surface area (Å²) >= 11 is 6.75. The van der Waals surface area contributed by atoms with Gasteiger partial charge in [0, 0.05) is 18.1 Å². The summed E-state index contributed by atoms with van der Waals surface area (Å²) in [7, 11) is 0.802. The maximum absolute atomic E-state index is 13.3. The molecule has 2 bridgehead atoms. The molecule has 4 nitrogen and oxygen atoms in total. The number of hydrogen-bond donors (Lipinski definition) is 1. The van der Waals surface area contributed by atoms with Crippen LogP contribution in [-0.4, -0.2) is 24.8 Å². The second-order valence-corrected chi connectivity index (χ2v) is 12.3. The second kappa shape index (κ2) is 9.24. The normalized spacial score (nSPS) is 24.9. The molecule has 1 aromatic heterocycles. The van der Waals surface area contributed by atoms with E-state index in [1.807, 2.05) is 40.0 Å². The minimum absolute atomic E-state index is 0.231. The lowest BCUT2D eigenvalue weighted by atomic mass is 9.95. The molecule has 0 spiro atoms. The van der Waals surface area contributed by atoms with Crippen LogP contribution in [0.1, 0.15) is 52.1 Å². The quantitative estimate of drug-likeness (QED) is 0.578. The topological polar surface area (TPSA) is 46.9 Å². The number of rotatable bonds is 5. The van der Waals surface area contributed by atoms with Gasteiger partial charge in [0.1, 0.15) is 5.82 Å². The van der Waals surface area contributed by atoms with Crippen LogP contribution in [0.4, 0.5) is 4.39 Å². The van der Waals surface area contributed by atoms with E-state index in [0.29, 0.717) is 11.8 Å². The number of benzene rings is 1. The van der Waals surface area contributed by atoms with Gasteiger partial charge < -0.3 is 0 Å². The number of nitrogens with one attached hydrogen (secondary N) is 1. The molecule has 0 saturated heterocycles. The summed E-state index contributed by atoms with van der Waals surface area (Å²) in [5, 5.41) is 5.49. The number of halogens is 2. The summed E-state index contributed by atoms with van der Waals surface area (Å²) in [5.41, 5.74) is 3.83. The van der Waals surface area contributed by atoms with E-state index in [1.54, 1.807) is 16.8 Å². The molecule has 1 N–H and O–H groups in total. The largest absolute Gasteiger partial charge is 0.267 e. The predicted octanol–water partition coefficient (Wildman–Crippen LogP) is 5.97. The van der Waals surface area contributed by atoms with Crippen LogP contribution < -0.4 is 4.72 Å². The van der Waals surface area contributed by atoms with Gasteiger partial charge in [0.25, 0.3) is 0 Å². The fourth-order valence-corrected chi connectivity index (χ4v) is 6.01. The summed E-state index contributed by atoms with van der Waals surface area (Å²) in [6, 6.07) is 8.67. The minimum atomic E-state index is -1.09. The van der Waals surface area contributed by atoms with Crippen LogP contribution >= 0.6 is 11.6 Å².